The predicted octanol–water partition coefficient (Wildman–Crippen LogP) is 0.682. The van der Waals surface area contributed by atoms with Crippen LogP contribution in [0.15, 0.2) is 30.7 Å². The lowest BCUT2D eigenvalue weighted by Gasteiger charge is -2.07. The highest BCUT2D eigenvalue weighted by Crippen LogP contribution is 2.12. The zero-order valence-corrected chi connectivity index (χ0v) is 7.83. The lowest BCUT2D eigenvalue weighted by atomic mass is 10.2. The average molecular weight is 189 g/mol. The van der Waals surface area contributed by atoms with Crippen molar-refractivity contribution in [2.75, 3.05) is 0 Å². The molecular formula is C9H11N5. The van der Waals surface area contributed by atoms with Gasteiger partial charge in [-0.25, -0.2) is 4.68 Å². The summed E-state index contributed by atoms with van der Waals surface area (Å²) in [5.41, 5.74) is 7.52. The zero-order chi connectivity index (χ0) is 9.97. The maximum Gasteiger partial charge on any atom is 0.0850 e. The summed E-state index contributed by atoms with van der Waals surface area (Å²) < 4.78 is 1.69. The standard InChI is InChI=1S/C9H11N5/c1-7(10)9-6-12-13-14(9)8-3-2-4-11-5-8/h2-7H,10H2,1H3/t7-/m1/s1. The lowest BCUT2D eigenvalue weighted by Crippen LogP contribution is -2.12. The van der Waals surface area contributed by atoms with Gasteiger partial charge in [-0.15, -0.1) is 5.10 Å². The smallest absolute Gasteiger partial charge is 0.0850 e. The normalized spacial score (nSPS) is 12.7. The molecular weight excluding hydrogens is 178 g/mol. The van der Waals surface area contributed by atoms with Crippen LogP contribution < -0.4 is 5.73 Å². The highest BCUT2D eigenvalue weighted by Gasteiger charge is 2.09. The molecule has 5 heteroatoms. The highest BCUT2D eigenvalue weighted by molar-refractivity contribution is 5.28. The molecule has 0 saturated carbocycles. The molecule has 0 aliphatic rings. The Morgan fingerprint density at radius 3 is 2.93 bits per heavy atom. The first kappa shape index (κ1) is 8.83. The monoisotopic (exact) mass is 189 g/mol. The van der Waals surface area contributed by atoms with Crippen molar-refractivity contribution in [3.05, 3.63) is 36.4 Å². The predicted molar refractivity (Wildman–Crippen MR) is 51.8 cm³/mol. The Morgan fingerprint density at radius 1 is 1.43 bits per heavy atom. The summed E-state index contributed by atoms with van der Waals surface area (Å²) in [5, 5.41) is 7.78. The quantitative estimate of drug-likeness (QED) is 0.754. The van der Waals surface area contributed by atoms with Crippen molar-refractivity contribution in [2.45, 2.75) is 13.0 Å². The molecule has 0 aliphatic carbocycles. The van der Waals surface area contributed by atoms with Gasteiger partial charge in [0.05, 0.1) is 23.8 Å². The second-order valence-corrected chi connectivity index (χ2v) is 3.07. The minimum Gasteiger partial charge on any atom is -0.323 e. The summed E-state index contributed by atoms with van der Waals surface area (Å²) in [6, 6.07) is 3.67. The topological polar surface area (TPSA) is 69.6 Å². The van der Waals surface area contributed by atoms with Crippen LogP contribution in [0.5, 0.6) is 0 Å². The van der Waals surface area contributed by atoms with E-state index < -0.39 is 0 Å². The van der Waals surface area contributed by atoms with Gasteiger partial charge in [-0.05, 0) is 19.1 Å². The van der Waals surface area contributed by atoms with Gasteiger partial charge in [0.15, 0.2) is 0 Å². The van der Waals surface area contributed by atoms with Crippen LogP contribution in [-0.4, -0.2) is 20.0 Å². The van der Waals surface area contributed by atoms with Crippen LogP contribution in [0.4, 0.5) is 0 Å². The third kappa shape index (κ3) is 1.49. The van der Waals surface area contributed by atoms with E-state index in [1.807, 2.05) is 19.1 Å². The van der Waals surface area contributed by atoms with Gasteiger partial charge in [0.1, 0.15) is 0 Å². The number of pyridine rings is 1. The summed E-state index contributed by atoms with van der Waals surface area (Å²) in [5.74, 6) is 0. The molecule has 0 radical (unpaired) electrons. The maximum absolute atomic E-state index is 5.78. The summed E-state index contributed by atoms with van der Waals surface area (Å²) in [7, 11) is 0. The Hall–Kier alpha value is -1.75. The van der Waals surface area contributed by atoms with E-state index in [4.69, 9.17) is 5.73 Å². The Morgan fingerprint density at radius 2 is 2.29 bits per heavy atom. The maximum atomic E-state index is 5.78. The molecule has 0 aromatic carbocycles. The van der Waals surface area contributed by atoms with E-state index in [9.17, 15) is 0 Å². The fraction of sp³-hybridized carbons (Fsp3) is 0.222. The van der Waals surface area contributed by atoms with Crippen LogP contribution in [0.2, 0.25) is 0 Å². The SMILES string of the molecule is C[C@@H](N)c1cnnn1-c1cccnc1. The Balaban J connectivity index is 2.47. The fourth-order valence-corrected chi connectivity index (χ4v) is 1.23. The van der Waals surface area contributed by atoms with Crippen LogP contribution >= 0.6 is 0 Å². The van der Waals surface area contributed by atoms with Crippen molar-refractivity contribution >= 4 is 0 Å². The number of hydrogen-bond acceptors (Lipinski definition) is 4. The van der Waals surface area contributed by atoms with Gasteiger partial charge in [-0.3, -0.25) is 4.98 Å². The van der Waals surface area contributed by atoms with E-state index in [0.29, 0.717) is 0 Å². The molecule has 0 bridgehead atoms. The number of nitrogens with two attached hydrogens (primary N) is 1. The second kappa shape index (κ2) is 3.55. The summed E-state index contributed by atoms with van der Waals surface area (Å²) in [6.07, 6.45) is 5.10. The molecule has 2 aromatic heterocycles. The van der Waals surface area contributed by atoms with Crippen molar-refractivity contribution in [1.29, 1.82) is 0 Å². The van der Waals surface area contributed by atoms with Gasteiger partial charge < -0.3 is 5.73 Å². The van der Waals surface area contributed by atoms with Crippen molar-refractivity contribution in [2.24, 2.45) is 5.73 Å². The van der Waals surface area contributed by atoms with Gasteiger partial charge in [-0.1, -0.05) is 5.21 Å². The minimum atomic E-state index is -0.0924. The van der Waals surface area contributed by atoms with Gasteiger partial charge in [-0.2, -0.15) is 0 Å². The van der Waals surface area contributed by atoms with Crippen molar-refractivity contribution < 1.29 is 0 Å². The van der Waals surface area contributed by atoms with Crippen LogP contribution in [0.1, 0.15) is 18.7 Å². The molecule has 0 amide bonds. The first-order valence-electron chi connectivity index (χ1n) is 4.35. The minimum absolute atomic E-state index is 0.0924. The van der Waals surface area contributed by atoms with Crippen LogP contribution in [0, 0.1) is 0 Å². The van der Waals surface area contributed by atoms with E-state index >= 15 is 0 Å². The molecule has 1 atom stereocenters. The molecule has 0 saturated heterocycles. The Kier molecular flexibility index (Phi) is 2.24. The van der Waals surface area contributed by atoms with Crippen molar-refractivity contribution in [1.82, 2.24) is 20.0 Å². The first-order chi connectivity index (χ1) is 6.79. The molecule has 0 fully saturated rings. The zero-order valence-electron chi connectivity index (χ0n) is 7.83. The van der Waals surface area contributed by atoms with Crippen molar-refractivity contribution in [3.8, 4) is 5.69 Å². The van der Waals surface area contributed by atoms with Crippen LogP contribution in [-0.2, 0) is 0 Å². The highest BCUT2D eigenvalue weighted by atomic mass is 15.4. The van der Waals surface area contributed by atoms with Gasteiger partial charge in [0.2, 0.25) is 0 Å². The first-order valence-corrected chi connectivity index (χ1v) is 4.35. The third-order valence-electron chi connectivity index (χ3n) is 1.93. The molecule has 0 unspecified atom stereocenters. The molecule has 2 rings (SSSR count). The van der Waals surface area contributed by atoms with E-state index in [1.165, 1.54) is 0 Å². The third-order valence-corrected chi connectivity index (χ3v) is 1.93. The molecule has 72 valence electrons. The molecule has 5 nitrogen and oxygen atoms in total. The largest absolute Gasteiger partial charge is 0.323 e. The number of aromatic nitrogens is 4. The van der Waals surface area contributed by atoms with Crippen LogP contribution in [0.3, 0.4) is 0 Å². The second-order valence-electron chi connectivity index (χ2n) is 3.07. The average Bonchev–Trinajstić information content (AvgIpc) is 2.67. The molecule has 2 N–H and O–H groups in total. The molecule has 14 heavy (non-hydrogen) atoms. The number of hydrogen-bond donors (Lipinski definition) is 1. The number of nitrogens with zero attached hydrogens (tertiary/aromatic N) is 4. The number of rotatable bonds is 2. The van der Waals surface area contributed by atoms with Gasteiger partial charge in [0.25, 0.3) is 0 Å². The molecule has 0 spiro atoms. The van der Waals surface area contributed by atoms with E-state index in [0.717, 1.165) is 11.4 Å². The van der Waals surface area contributed by atoms with E-state index in [2.05, 4.69) is 15.3 Å². The molecule has 0 aliphatic heterocycles. The van der Waals surface area contributed by atoms with E-state index in [-0.39, 0.29) is 6.04 Å². The fourth-order valence-electron chi connectivity index (χ4n) is 1.23. The Labute approximate surface area is 81.6 Å². The molecule has 2 aromatic rings. The van der Waals surface area contributed by atoms with E-state index in [1.54, 1.807) is 23.3 Å². The van der Waals surface area contributed by atoms with Crippen molar-refractivity contribution in [3.63, 3.8) is 0 Å². The molecule has 2 heterocycles. The van der Waals surface area contributed by atoms with Gasteiger partial charge >= 0.3 is 0 Å². The van der Waals surface area contributed by atoms with Crippen LogP contribution in [0.25, 0.3) is 5.69 Å². The summed E-state index contributed by atoms with van der Waals surface area (Å²) in [4.78, 5) is 4.01. The summed E-state index contributed by atoms with van der Waals surface area (Å²) >= 11 is 0. The lowest BCUT2D eigenvalue weighted by molar-refractivity contribution is 0.695. The van der Waals surface area contributed by atoms with Gasteiger partial charge in [0, 0.05) is 12.2 Å². The summed E-state index contributed by atoms with van der Waals surface area (Å²) in [6.45, 7) is 1.89. The Bertz CT molecular complexity index is 406.